The van der Waals surface area contributed by atoms with E-state index in [1.54, 1.807) is 7.11 Å². The van der Waals surface area contributed by atoms with Gasteiger partial charge in [0.2, 0.25) is 0 Å². The smallest absolute Gasteiger partial charge is 0.0471 e. The van der Waals surface area contributed by atoms with E-state index in [-0.39, 0.29) is 0 Å². The van der Waals surface area contributed by atoms with Crippen LogP contribution in [0.25, 0.3) is 10.4 Å². The maximum Gasteiger partial charge on any atom is 0.0471 e. The molecule has 0 rings (SSSR count). The molecule has 0 radical (unpaired) electrons. The monoisotopic (exact) mass is 205 g/mol. The first-order valence-electron chi connectivity index (χ1n) is 4.16. The standard InChI is InChI=1S/C7H15N3O2S/c1-12-5-3-7-13(11)6-2-4-9-10-8/h2-7H2,1H3. The van der Waals surface area contributed by atoms with Crippen LogP contribution in [0.15, 0.2) is 5.11 Å². The molecule has 0 aromatic carbocycles. The van der Waals surface area contributed by atoms with Crippen LogP contribution in [0, 0.1) is 0 Å². The summed E-state index contributed by atoms with van der Waals surface area (Å²) in [6, 6.07) is 0. The third-order valence-electron chi connectivity index (χ3n) is 1.41. The van der Waals surface area contributed by atoms with Crippen LogP contribution < -0.4 is 0 Å². The van der Waals surface area contributed by atoms with E-state index in [9.17, 15) is 4.21 Å². The fourth-order valence-corrected chi connectivity index (χ4v) is 1.90. The van der Waals surface area contributed by atoms with Crippen molar-refractivity contribution in [3.8, 4) is 0 Å². The molecule has 13 heavy (non-hydrogen) atoms. The summed E-state index contributed by atoms with van der Waals surface area (Å²) in [5.41, 5.74) is 7.97. The molecule has 1 unspecified atom stereocenters. The van der Waals surface area contributed by atoms with Crippen molar-refractivity contribution in [3.05, 3.63) is 10.4 Å². The van der Waals surface area contributed by atoms with Gasteiger partial charge in [-0.2, -0.15) is 0 Å². The lowest BCUT2D eigenvalue weighted by molar-refractivity contribution is 0.200. The van der Waals surface area contributed by atoms with E-state index in [1.807, 2.05) is 0 Å². The number of rotatable bonds is 8. The fourth-order valence-electron chi connectivity index (χ4n) is 0.807. The molecule has 1 atom stereocenters. The Kier molecular flexibility index (Phi) is 9.08. The van der Waals surface area contributed by atoms with Gasteiger partial charge in [-0.05, 0) is 18.4 Å². The van der Waals surface area contributed by atoms with Gasteiger partial charge in [-0.1, -0.05) is 5.11 Å². The molecule has 0 saturated carbocycles. The molecular weight excluding hydrogens is 190 g/mol. The predicted molar refractivity (Wildman–Crippen MR) is 53.0 cm³/mol. The Morgan fingerprint density at radius 1 is 1.46 bits per heavy atom. The molecule has 0 aromatic heterocycles. The van der Waals surface area contributed by atoms with Crippen LogP contribution in [0.4, 0.5) is 0 Å². The first-order chi connectivity index (χ1) is 6.31. The molecule has 0 aliphatic carbocycles. The molecule has 0 spiro atoms. The van der Waals surface area contributed by atoms with Gasteiger partial charge in [0.1, 0.15) is 0 Å². The first kappa shape index (κ1) is 12.4. The Labute approximate surface area is 80.6 Å². The highest BCUT2D eigenvalue weighted by Crippen LogP contribution is 1.92. The summed E-state index contributed by atoms with van der Waals surface area (Å²) in [5, 5.41) is 3.36. The number of ether oxygens (including phenoxy) is 1. The fraction of sp³-hybridized carbons (Fsp3) is 1.00. The van der Waals surface area contributed by atoms with Gasteiger partial charge >= 0.3 is 0 Å². The zero-order valence-corrected chi connectivity index (χ0v) is 8.63. The highest BCUT2D eigenvalue weighted by atomic mass is 32.2. The van der Waals surface area contributed by atoms with Crippen molar-refractivity contribution in [2.75, 3.05) is 31.8 Å². The highest BCUT2D eigenvalue weighted by Gasteiger charge is 1.98. The highest BCUT2D eigenvalue weighted by molar-refractivity contribution is 7.84. The zero-order chi connectivity index (χ0) is 9.94. The van der Waals surface area contributed by atoms with Crippen molar-refractivity contribution < 1.29 is 8.95 Å². The minimum Gasteiger partial charge on any atom is -0.385 e. The molecule has 0 saturated heterocycles. The quantitative estimate of drug-likeness (QED) is 0.260. The molecule has 5 nitrogen and oxygen atoms in total. The van der Waals surface area contributed by atoms with Gasteiger partial charge in [0, 0.05) is 47.5 Å². The summed E-state index contributed by atoms with van der Waals surface area (Å²) < 4.78 is 16.0. The summed E-state index contributed by atoms with van der Waals surface area (Å²) in [5.74, 6) is 1.28. The summed E-state index contributed by atoms with van der Waals surface area (Å²) in [6.45, 7) is 1.09. The number of azide groups is 1. The summed E-state index contributed by atoms with van der Waals surface area (Å²) in [6.07, 6.45) is 1.52. The van der Waals surface area contributed by atoms with Crippen molar-refractivity contribution in [1.82, 2.24) is 0 Å². The molecule has 0 amide bonds. The molecule has 0 N–H and O–H groups in total. The lowest BCUT2D eigenvalue weighted by Gasteiger charge is -1.99. The Morgan fingerprint density at radius 2 is 2.15 bits per heavy atom. The SMILES string of the molecule is COCCCS(=O)CCCN=[N+]=[N-]. The molecule has 0 bridgehead atoms. The van der Waals surface area contributed by atoms with Gasteiger partial charge in [-0.3, -0.25) is 4.21 Å². The van der Waals surface area contributed by atoms with E-state index < -0.39 is 10.8 Å². The second kappa shape index (κ2) is 9.51. The van der Waals surface area contributed by atoms with Crippen LogP contribution >= 0.6 is 0 Å². The van der Waals surface area contributed by atoms with E-state index in [0.29, 0.717) is 31.1 Å². The van der Waals surface area contributed by atoms with Crippen molar-refractivity contribution in [2.24, 2.45) is 5.11 Å². The zero-order valence-electron chi connectivity index (χ0n) is 7.81. The van der Waals surface area contributed by atoms with Gasteiger partial charge in [-0.25, -0.2) is 0 Å². The Hall–Kier alpha value is -0.580. The van der Waals surface area contributed by atoms with Gasteiger partial charge in [-0.15, -0.1) is 0 Å². The molecule has 76 valence electrons. The number of hydrogen-bond donors (Lipinski definition) is 0. The third kappa shape index (κ3) is 9.33. The third-order valence-corrected chi connectivity index (χ3v) is 2.90. The second-order valence-electron chi connectivity index (χ2n) is 2.50. The van der Waals surface area contributed by atoms with Crippen molar-refractivity contribution >= 4 is 10.8 Å². The minimum atomic E-state index is -0.788. The molecule has 0 aliphatic rings. The largest absolute Gasteiger partial charge is 0.385 e. The molecule has 6 heteroatoms. The van der Waals surface area contributed by atoms with Gasteiger partial charge in [0.05, 0.1) is 0 Å². The average Bonchev–Trinajstić information content (AvgIpc) is 2.13. The van der Waals surface area contributed by atoms with Gasteiger partial charge < -0.3 is 4.74 Å². The average molecular weight is 205 g/mol. The minimum absolute atomic E-state index is 0.437. The van der Waals surface area contributed by atoms with E-state index in [2.05, 4.69) is 10.0 Å². The number of nitrogens with zero attached hydrogens (tertiary/aromatic N) is 3. The van der Waals surface area contributed by atoms with Gasteiger partial charge in [0.25, 0.3) is 0 Å². The van der Waals surface area contributed by atoms with Crippen LogP contribution in [0.3, 0.4) is 0 Å². The van der Waals surface area contributed by atoms with E-state index in [1.165, 1.54) is 0 Å². The molecule has 0 aromatic rings. The van der Waals surface area contributed by atoms with Crippen molar-refractivity contribution in [1.29, 1.82) is 0 Å². The first-order valence-corrected chi connectivity index (χ1v) is 5.65. The van der Waals surface area contributed by atoms with Crippen molar-refractivity contribution in [2.45, 2.75) is 12.8 Å². The predicted octanol–water partition coefficient (Wildman–Crippen LogP) is 1.47. The number of hydrogen-bond acceptors (Lipinski definition) is 3. The molecular formula is C7H15N3O2S. The Bertz CT molecular complexity index is 192. The maximum absolute atomic E-state index is 11.2. The lowest BCUT2D eigenvalue weighted by atomic mass is 10.5. The summed E-state index contributed by atoms with van der Waals surface area (Å²) in [7, 11) is 0.841. The molecule has 0 heterocycles. The summed E-state index contributed by atoms with van der Waals surface area (Å²) in [4.78, 5) is 2.61. The van der Waals surface area contributed by atoms with Crippen LogP contribution in [0.1, 0.15) is 12.8 Å². The van der Waals surface area contributed by atoms with Crippen molar-refractivity contribution in [3.63, 3.8) is 0 Å². The summed E-state index contributed by atoms with van der Waals surface area (Å²) >= 11 is 0. The van der Waals surface area contributed by atoms with E-state index >= 15 is 0 Å². The van der Waals surface area contributed by atoms with Crippen LogP contribution in [-0.4, -0.2) is 36.0 Å². The molecule has 0 fully saturated rings. The lowest BCUT2D eigenvalue weighted by Crippen LogP contribution is -2.05. The van der Waals surface area contributed by atoms with Crippen LogP contribution in [-0.2, 0) is 15.5 Å². The molecule has 0 aliphatic heterocycles. The number of methoxy groups -OCH3 is 1. The van der Waals surface area contributed by atoms with E-state index in [0.717, 1.165) is 6.42 Å². The Morgan fingerprint density at radius 3 is 2.77 bits per heavy atom. The second-order valence-corrected chi connectivity index (χ2v) is 4.20. The maximum atomic E-state index is 11.2. The van der Waals surface area contributed by atoms with E-state index in [4.69, 9.17) is 10.3 Å². The van der Waals surface area contributed by atoms with Crippen LogP contribution in [0.2, 0.25) is 0 Å². The Balaban J connectivity index is 3.24. The van der Waals surface area contributed by atoms with Crippen LogP contribution in [0.5, 0.6) is 0 Å². The normalized spacial score (nSPS) is 12.1. The topological polar surface area (TPSA) is 75.1 Å². The van der Waals surface area contributed by atoms with Gasteiger partial charge in [0.15, 0.2) is 0 Å².